The van der Waals surface area contributed by atoms with Gasteiger partial charge in [-0.2, -0.15) is 0 Å². The molecule has 0 radical (unpaired) electrons. The predicted molar refractivity (Wildman–Crippen MR) is 106 cm³/mol. The molecule has 1 nitrogen and oxygen atoms in total. The van der Waals surface area contributed by atoms with Crippen molar-refractivity contribution in [2.24, 2.45) is 0 Å². The van der Waals surface area contributed by atoms with Gasteiger partial charge in [0.25, 0.3) is 0 Å². The zero-order chi connectivity index (χ0) is 17.0. The number of hydrogen-bond donors (Lipinski definition) is 0. The lowest BCUT2D eigenvalue weighted by molar-refractivity contribution is 0.162. The summed E-state index contributed by atoms with van der Waals surface area (Å²) in [5, 5.41) is 0. The van der Waals surface area contributed by atoms with Crippen LogP contribution in [-0.4, -0.2) is 19.9 Å². The Hall–Kier alpha value is -2.32. The van der Waals surface area contributed by atoms with Crippen molar-refractivity contribution < 1.29 is 4.74 Å². The molecule has 0 N–H and O–H groups in total. The van der Waals surface area contributed by atoms with E-state index in [0.29, 0.717) is 6.71 Å². The lowest BCUT2D eigenvalue weighted by Gasteiger charge is -2.15. The molecular formula is C22H25BO. The van der Waals surface area contributed by atoms with E-state index in [2.05, 4.69) is 91.0 Å². The van der Waals surface area contributed by atoms with Gasteiger partial charge < -0.3 is 4.74 Å². The topological polar surface area (TPSA) is 9.23 Å². The Morgan fingerprint density at radius 1 is 0.542 bits per heavy atom. The molecule has 0 spiro atoms. The second kappa shape index (κ2) is 10.5. The van der Waals surface area contributed by atoms with Crippen molar-refractivity contribution in [3.05, 3.63) is 91.0 Å². The Morgan fingerprint density at radius 2 is 0.833 bits per heavy atom. The van der Waals surface area contributed by atoms with Gasteiger partial charge in [0.05, 0.1) is 0 Å². The molecule has 3 rings (SSSR count). The third-order valence-electron chi connectivity index (χ3n) is 3.81. The first-order valence-electron chi connectivity index (χ1n) is 8.59. The zero-order valence-corrected chi connectivity index (χ0v) is 14.6. The fraction of sp³-hybridized carbons (Fsp3) is 0.182. The van der Waals surface area contributed by atoms with Gasteiger partial charge in [0.2, 0.25) is 6.71 Å². The maximum Gasteiger partial charge on any atom is 0.241 e. The van der Waals surface area contributed by atoms with E-state index in [0.717, 1.165) is 13.2 Å². The van der Waals surface area contributed by atoms with Gasteiger partial charge in [0.1, 0.15) is 0 Å². The fourth-order valence-electron chi connectivity index (χ4n) is 2.72. The Kier molecular flexibility index (Phi) is 7.86. The highest BCUT2D eigenvalue weighted by Gasteiger charge is 2.20. The molecule has 0 bridgehead atoms. The SMILES string of the molecule is CCOCC.c1ccc(B(c2ccccc2)c2ccccc2)cc1. The Morgan fingerprint density at radius 3 is 1.04 bits per heavy atom. The van der Waals surface area contributed by atoms with Crippen LogP contribution in [0, 0.1) is 0 Å². The molecule has 0 aliphatic rings. The summed E-state index contributed by atoms with van der Waals surface area (Å²) in [7, 11) is 0. The van der Waals surface area contributed by atoms with Crippen LogP contribution in [0.15, 0.2) is 91.0 Å². The molecule has 122 valence electrons. The minimum atomic E-state index is 0.309. The van der Waals surface area contributed by atoms with Gasteiger partial charge in [0, 0.05) is 13.2 Å². The molecule has 0 aliphatic heterocycles. The summed E-state index contributed by atoms with van der Waals surface area (Å²) in [6.45, 7) is 5.98. The summed E-state index contributed by atoms with van der Waals surface area (Å²) in [5.74, 6) is 0. The van der Waals surface area contributed by atoms with Crippen molar-refractivity contribution in [2.45, 2.75) is 13.8 Å². The van der Waals surface area contributed by atoms with Crippen LogP contribution in [0.2, 0.25) is 0 Å². The van der Waals surface area contributed by atoms with Crippen LogP contribution in [0.1, 0.15) is 13.8 Å². The number of ether oxygens (including phenoxy) is 1. The number of rotatable bonds is 5. The van der Waals surface area contributed by atoms with Crippen molar-refractivity contribution in [1.29, 1.82) is 0 Å². The van der Waals surface area contributed by atoms with E-state index in [1.54, 1.807) is 0 Å². The van der Waals surface area contributed by atoms with Crippen LogP contribution in [0.4, 0.5) is 0 Å². The van der Waals surface area contributed by atoms with Crippen molar-refractivity contribution in [1.82, 2.24) is 0 Å². The second-order valence-corrected chi connectivity index (χ2v) is 5.45. The van der Waals surface area contributed by atoms with Gasteiger partial charge in [-0.3, -0.25) is 0 Å². The first-order chi connectivity index (χ1) is 11.9. The largest absolute Gasteiger partial charge is 0.382 e. The maximum absolute atomic E-state index is 4.83. The highest BCUT2D eigenvalue weighted by molar-refractivity contribution is 6.95. The van der Waals surface area contributed by atoms with E-state index in [9.17, 15) is 0 Å². The van der Waals surface area contributed by atoms with Crippen molar-refractivity contribution in [3.63, 3.8) is 0 Å². The van der Waals surface area contributed by atoms with Crippen molar-refractivity contribution in [2.75, 3.05) is 13.2 Å². The summed E-state index contributed by atoms with van der Waals surface area (Å²) in [6, 6.07) is 32.0. The number of hydrogen-bond acceptors (Lipinski definition) is 1. The predicted octanol–water partition coefficient (Wildman–Crippen LogP) is 3.25. The van der Waals surface area contributed by atoms with Crippen LogP contribution in [0.5, 0.6) is 0 Å². The van der Waals surface area contributed by atoms with Gasteiger partial charge in [0.15, 0.2) is 0 Å². The van der Waals surface area contributed by atoms with E-state index in [1.807, 2.05) is 13.8 Å². The third kappa shape index (κ3) is 5.40. The molecule has 2 heteroatoms. The summed E-state index contributed by atoms with van der Waals surface area (Å²) in [4.78, 5) is 0. The summed E-state index contributed by atoms with van der Waals surface area (Å²) in [5.41, 5.74) is 4.00. The second-order valence-electron chi connectivity index (χ2n) is 5.45. The van der Waals surface area contributed by atoms with Crippen molar-refractivity contribution >= 4 is 23.1 Å². The Labute approximate surface area is 146 Å². The molecule has 0 saturated heterocycles. The normalized spacial score (nSPS) is 9.75. The summed E-state index contributed by atoms with van der Waals surface area (Å²) < 4.78 is 4.83. The maximum atomic E-state index is 4.83. The average Bonchev–Trinajstić information content (AvgIpc) is 2.66. The smallest absolute Gasteiger partial charge is 0.241 e. The van der Waals surface area contributed by atoms with Crippen LogP contribution >= 0.6 is 0 Å². The average molecular weight is 316 g/mol. The van der Waals surface area contributed by atoms with Gasteiger partial charge in [-0.05, 0) is 13.8 Å². The molecule has 0 saturated carbocycles. The van der Waals surface area contributed by atoms with E-state index in [1.165, 1.54) is 16.4 Å². The zero-order valence-electron chi connectivity index (χ0n) is 14.6. The van der Waals surface area contributed by atoms with Crippen molar-refractivity contribution in [3.8, 4) is 0 Å². The monoisotopic (exact) mass is 316 g/mol. The fourth-order valence-corrected chi connectivity index (χ4v) is 2.72. The first kappa shape index (κ1) is 18.0. The molecule has 0 amide bonds. The minimum Gasteiger partial charge on any atom is -0.382 e. The quantitative estimate of drug-likeness (QED) is 0.657. The molecule has 0 aromatic heterocycles. The highest BCUT2D eigenvalue weighted by Crippen LogP contribution is 1.95. The van der Waals surface area contributed by atoms with Gasteiger partial charge in [-0.25, -0.2) is 0 Å². The molecule has 24 heavy (non-hydrogen) atoms. The third-order valence-corrected chi connectivity index (χ3v) is 3.81. The molecule has 3 aromatic rings. The minimum absolute atomic E-state index is 0.309. The van der Waals surface area contributed by atoms with E-state index < -0.39 is 0 Å². The number of benzene rings is 3. The van der Waals surface area contributed by atoms with E-state index in [-0.39, 0.29) is 0 Å². The Bertz CT molecular complexity index is 572. The standard InChI is InChI=1S/C18H15B.C4H10O/c1-4-10-16(11-5-1)19(17-12-6-2-7-13-17)18-14-8-3-9-15-18;1-3-5-4-2/h1-15H;3-4H2,1-2H3. The first-order valence-corrected chi connectivity index (χ1v) is 8.59. The molecule has 0 atom stereocenters. The molecule has 0 fully saturated rings. The van der Waals surface area contributed by atoms with Gasteiger partial charge in [-0.15, -0.1) is 0 Å². The van der Waals surface area contributed by atoms with Crippen LogP contribution in [0.25, 0.3) is 0 Å². The van der Waals surface area contributed by atoms with E-state index in [4.69, 9.17) is 4.74 Å². The van der Waals surface area contributed by atoms with Gasteiger partial charge in [-0.1, -0.05) is 107 Å². The van der Waals surface area contributed by atoms with Crippen LogP contribution in [0.3, 0.4) is 0 Å². The molecule has 0 heterocycles. The Balaban J connectivity index is 0.000000368. The highest BCUT2D eigenvalue weighted by atomic mass is 16.5. The van der Waals surface area contributed by atoms with Crippen LogP contribution in [-0.2, 0) is 4.74 Å². The molecule has 3 aromatic carbocycles. The molecule has 0 unspecified atom stereocenters. The van der Waals surface area contributed by atoms with Crippen LogP contribution < -0.4 is 16.4 Å². The summed E-state index contributed by atoms with van der Waals surface area (Å²) in [6.07, 6.45) is 0. The summed E-state index contributed by atoms with van der Waals surface area (Å²) >= 11 is 0. The lowest BCUT2D eigenvalue weighted by atomic mass is 9.37. The van der Waals surface area contributed by atoms with Gasteiger partial charge >= 0.3 is 0 Å². The molecular weight excluding hydrogens is 291 g/mol. The molecule has 0 aliphatic carbocycles. The van der Waals surface area contributed by atoms with E-state index >= 15 is 0 Å². The lowest BCUT2D eigenvalue weighted by Crippen LogP contribution is -2.51.